The summed E-state index contributed by atoms with van der Waals surface area (Å²) in [5, 5.41) is 14.2. The van der Waals surface area contributed by atoms with Crippen LogP contribution in [0.3, 0.4) is 0 Å². The molecule has 4 heterocycles. The minimum absolute atomic E-state index is 0.0821. The van der Waals surface area contributed by atoms with Gasteiger partial charge in [0, 0.05) is 5.02 Å². The lowest BCUT2D eigenvalue weighted by atomic mass is 9.84. The van der Waals surface area contributed by atoms with Gasteiger partial charge >= 0.3 is 0 Å². The Kier molecular flexibility index (Phi) is 6.52. The highest BCUT2D eigenvalue weighted by Gasteiger charge is 2.38. The van der Waals surface area contributed by atoms with Crippen molar-refractivity contribution < 1.29 is 14.3 Å². The summed E-state index contributed by atoms with van der Waals surface area (Å²) in [6, 6.07) is 25.2. The molecule has 6 aromatic rings. The van der Waals surface area contributed by atoms with Crippen molar-refractivity contribution in [2.24, 2.45) is 5.16 Å². The number of methoxy groups -OCH3 is 1. The molecule has 3 aromatic carbocycles. The number of oxime groups is 1. The van der Waals surface area contributed by atoms with E-state index in [-0.39, 0.29) is 12.5 Å². The second kappa shape index (κ2) is 10.6. The van der Waals surface area contributed by atoms with E-state index in [0.29, 0.717) is 28.3 Å². The molecule has 7 rings (SSSR count). The molecule has 0 N–H and O–H groups in total. The molecule has 1 aliphatic heterocycles. The van der Waals surface area contributed by atoms with Crippen LogP contribution in [-0.4, -0.2) is 42.7 Å². The normalized spacial score (nSPS) is 14.0. The molecular weight excluding hydrogens is 554 g/mol. The van der Waals surface area contributed by atoms with Gasteiger partial charge in [-0.25, -0.2) is 19.2 Å². The Morgan fingerprint density at radius 1 is 0.976 bits per heavy atom. The maximum Gasteiger partial charge on any atom is 0.230 e. The average molecular weight is 578 g/mol. The van der Waals surface area contributed by atoms with E-state index in [0.717, 1.165) is 39.4 Å². The SMILES string of the molecule is COc1ccc(/C=N\OCc2nc3c4c(ncn3n2)Oc2c(c(C)nn2-c2ccc(Cl)cc2)C4c2ccccc2)cc1. The molecular formula is C31H24ClN7O3. The zero-order valence-electron chi connectivity index (χ0n) is 22.7. The van der Waals surface area contributed by atoms with E-state index in [2.05, 4.69) is 27.4 Å². The summed E-state index contributed by atoms with van der Waals surface area (Å²) in [6.07, 6.45) is 3.22. The fourth-order valence-corrected chi connectivity index (χ4v) is 5.23. The molecule has 0 bridgehead atoms. The van der Waals surface area contributed by atoms with E-state index < -0.39 is 0 Å². The maximum absolute atomic E-state index is 6.46. The number of hydrogen-bond donors (Lipinski definition) is 0. The fourth-order valence-electron chi connectivity index (χ4n) is 5.10. The molecule has 208 valence electrons. The van der Waals surface area contributed by atoms with Gasteiger partial charge in [0.05, 0.1) is 41.8 Å². The lowest BCUT2D eigenvalue weighted by Crippen LogP contribution is -2.16. The smallest absolute Gasteiger partial charge is 0.230 e. The first-order valence-electron chi connectivity index (χ1n) is 13.2. The van der Waals surface area contributed by atoms with E-state index in [4.69, 9.17) is 36.0 Å². The summed E-state index contributed by atoms with van der Waals surface area (Å²) in [5.41, 5.74) is 5.96. The van der Waals surface area contributed by atoms with Gasteiger partial charge < -0.3 is 14.3 Å². The zero-order valence-corrected chi connectivity index (χ0v) is 23.4. The van der Waals surface area contributed by atoms with Gasteiger partial charge in [-0.05, 0) is 66.6 Å². The first-order valence-corrected chi connectivity index (χ1v) is 13.6. The Hall–Kier alpha value is -5.22. The number of ether oxygens (including phenoxy) is 2. The predicted molar refractivity (Wildman–Crippen MR) is 157 cm³/mol. The van der Waals surface area contributed by atoms with Gasteiger partial charge in [-0.1, -0.05) is 47.1 Å². The minimum atomic E-state index is -0.242. The van der Waals surface area contributed by atoms with E-state index in [9.17, 15) is 0 Å². The van der Waals surface area contributed by atoms with Crippen LogP contribution in [0, 0.1) is 6.92 Å². The maximum atomic E-state index is 6.46. The highest BCUT2D eigenvalue weighted by atomic mass is 35.5. The second-order valence-electron chi connectivity index (χ2n) is 9.68. The van der Waals surface area contributed by atoms with Crippen molar-refractivity contribution in [2.45, 2.75) is 19.4 Å². The Morgan fingerprint density at radius 2 is 1.76 bits per heavy atom. The summed E-state index contributed by atoms with van der Waals surface area (Å²) in [6.45, 7) is 2.06. The second-order valence-corrected chi connectivity index (χ2v) is 10.1. The number of aryl methyl sites for hydroxylation is 1. The molecule has 42 heavy (non-hydrogen) atoms. The molecule has 3 aromatic heterocycles. The number of halogens is 1. The number of rotatable bonds is 7. The average Bonchev–Trinajstić information content (AvgIpc) is 3.60. The first kappa shape index (κ1) is 25.7. The molecule has 0 spiro atoms. The van der Waals surface area contributed by atoms with Crippen molar-refractivity contribution in [1.29, 1.82) is 0 Å². The van der Waals surface area contributed by atoms with Crippen LogP contribution in [0.25, 0.3) is 11.3 Å². The fraction of sp³-hybridized carbons (Fsp3) is 0.129. The minimum Gasteiger partial charge on any atom is -0.497 e. The van der Waals surface area contributed by atoms with Gasteiger partial charge in [-0.3, -0.25) is 0 Å². The number of aromatic nitrogens is 6. The van der Waals surface area contributed by atoms with E-state index >= 15 is 0 Å². The topological polar surface area (TPSA) is 101 Å². The highest BCUT2D eigenvalue weighted by Crippen LogP contribution is 2.49. The lowest BCUT2D eigenvalue weighted by Gasteiger charge is -2.26. The number of benzene rings is 3. The van der Waals surface area contributed by atoms with Gasteiger partial charge in [0.1, 0.15) is 12.1 Å². The molecule has 1 aliphatic rings. The first-order chi connectivity index (χ1) is 20.6. The van der Waals surface area contributed by atoms with Crippen molar-refractivity contribution in [3.8, 4) is 23.2 Å². The van der Waals surface area contributed by atoms with Gasteiger partial charge in [-0.2, -0.15) is 5.10 Å². The van der Waals surface area contributed by atoms with Crippen LogP contribution in [0.5, 0.6) is 17.5 Å². The van der Waals surface area contributed by atoms with Crippen LogP contribution in [0.4, 0.5) is 0 Å². The summed E-state index contributed by atoms with van der Waals surface area (Å²) in [4.78, 5) is 15.0. The summed E-state index contributed by atoms with van der Waals surface area (Å²) >= 11 is 6.15. The van der Waals surface area contributed by atoms with Crippen LogP contribution in [-0.2, 0) is 11.4 Å². The largest absolute Gasteiger partial charge is 0.497 e. The van der Waals surface area contributed by atoms with Crippen LogP contribution in [0.1, 0.15) is 39.7 Å². The Balaban J connectivity index is 1.26. The Bertz CT molecular complexity index is 1920. The Morgan fingerprint density at radius 3 is 2.52 bits per heavy atom. The molecule has 1 atom stereocenters. The third-order valence-corrected chi connectivity index (χ3v) is 7.31. The van der Waals surface area contributed by atoms with Crippen molar-refractivity contribution >= 4 is 23.5 Å². The van der Waals surface area contributed by atoms with E-state index in [1.807, 2.05) is 73.7 Å². The molecule has 10 nitrogen and oxygen atoms in total. The molecule has 0 fully saturated rings. The van der Waals surface area contributed by atoms with E-state index in [1.165, 1.54) is 0 Å². The van der Waals surface area contributed by atoms with Gasteiger partial charge in [0.25, 0.3) is 0 Å². The monoisotopic (exact) mass is 577 g/mol. The van der Waals surface area contributed by atoms with Crippen molar-refractivity contribution in [3.05, 3.63) is 124 Å². The molecule has 0 amide bonds. The van der Waals surface area contributed by atoms with Crippen molar-refractivity contribution in [3.63, 3.8) is 0 Å². The van der Waals surface area contributed by atoms with E-state index in [1.54, 1.807) is 28.8 Å². The standard InChI is InChI=1S/C31H24ClN7O3/c1-19-26-27(21-6-4-3-5-7-21)28-29-35-25(17-41-34-16-20-8-14-24(40-2)15-9-20)37-38(29)18-33-30(28)42-31(26)39(36-19)23-12-10-22(32)11-13-23/h3-16,18,27H,17H2,1-2H3/b34-16-. The van der Waals surface area contributed by atoms with Gasteiger partial charge in [-0.15, -0.1) is 5.10 Å². The Labute approximate surface area is 245 Å². The third kappa shape index (κ3) is 4.61. The van der Waals surface area contributed by atoms with Crippen molar-refractivity contribution in [1.82, 2.24) is 29.4 Å². The van der Waals surface area contributed by atoms with Crippen LogP contribution in [0.2, 0.25) is 5.02 Å². The van der Waals surface area contributed by atoms with Crippen molar-refractivity contribution in [2.75, 3.05) is 7.11 Å². The molecule has 0 saturated carbocycles. The molecule has 0 aliphatic carbocycles. The van der Waals surface area contributed by atoms with Gasteiger partial charge in [0.15, 0.2) is 18.1 Å². The van der Waals surface area contributed by atoms with Crippen LogP contribution in [0.15, 0.2) is 90.3 Å². The molecule has 0 saturated heterocycles. The highest BCUT2D eigenvalue weighted by molar-refractivity contribution is 6.30. The molecule has 0 radical (unpaired) electrons. The zero-order chi connectivity index (χ0) is 28.6. The van der Waals surface area contributed by atoms with Gasteiger partial charge in [0.2, 0.25) is 11.8 Å². The summed E-state index contributed by atoms with van der Waals surface area (Å²) < 4.78 is 15.1. The summed E-state index contributed by atoms with van der Waals surface area (Å²) in [5.74, 6) is 2.04. The van der Waals surface area contributed by atoms with Crippen LogP contribution < -0.4 is 9.47 Å². The number of fused-ring (bicyclic) bond motifs is 4. The third-order valence-electron chi connectivity index (χ3n) is 7.05. The quantitative estimate of drug-likeness (QED) is 0.166. The van der Waals surface area contributed by atoms with Crippen LogP contribution >= 0.6 is 11.6 Å². The lowest BCUT2D eigenvalue weighted by molar-refractivity contribution is 0.126. The summed E-state index contributed by atoms with van der Waals surface area (Å²) in [7, 11) is 1.63. The number of nitrogens with zero attached hydrogens (tertiary/aromatic N) is 7. The molecule has 1 unspecified atom stereocenters. The number of hydrogen-bond acceptors (Lipinski definition) is 8. The predicted octanol–water partition coefficient (Wildman–Crippen LogP) is 6.12. The molecule has 11 heteroatoms.